The van der Waals surface area contributed by atoms with Gasteiger partial charge in [-0.15, -0.1) is 0 Å². The lowest BCUT2D eigenvalue weighted by Crippen LogP contribution is -2.67. The van der Waals surface area contributed by atoms with Crippen molar-refractivity contribution in [3.05, 3.63) is 0 Å². The van der Waals surface area contributed by atoms with E-state index >= 15 is 0 Å². The molecule has 4 rings (SSSR count). The zero-order chi connectivity index (χ0) is 35.8. The molecule has 0 amide bonds. The largest absolute Gasteiger partial charge is 0.479 e. The first-order valence-corrected chi connectivity index (χ1v) is 15.8. The molecule has 0 saturated carbocycles. The van der Waals surface area contributed by atoms with E-state index in [2.05, 4.69) is 4.52 Å². The van der Waals surface area contributed by atoms with E-state index in [0.29, 0.717) is 0 Å². The van der Waals surface area contributed by atoms with E-state index in [0.717, 1.165) is 0 Å². The third-order valence-corrected chi connectivity index (χ3v) is 8.53. The fourth-order valence-corrected chi connectivity index (χ4v) is 6.03. The highest BCUT2D eigenvalue weighted by Gasteiger charge is 2.56. The Kier molecular flexibility index (Phi) is 13.2. The molecule has 0 aromatic heterocycles. The van der Waals surface area contributed by atoms with Crippen molar-refractivity contribution in [1.82, 2.24) is 0 Å². The number of carbonyl (C=O) groups is 1. The normalized spacial score (nSPS) is 49.1. The van der Waals surface area contributed by atoms with Crippen LogP contribution >= 0.6 is 7.82 Å². The summed E-state index contributed by atoms with van der Waals surface area (Å²) in [6.07, 6.45) is -38.1. The lowest BCUT2D eigenvalue weighted by Gasteiger charge is -2.48. The minimum Gasteiger partial charge on any atom is -0.479 e. The molecule has 48 heavy (non-hydrogen) atoms. The van der Waals surface area contributed by atoms with Crippen LogP contribution in [0.5, 0.6) is 0 Å². The van der Waals surface area contributed by atoms with E-state index in [1.807, 2.05) is 0 Å². The molecule has 0 unspecified atom stereocenters. The van der Waals surface area contributed by atoms with Crippen LogP contribution in [0.3, 0.4) is 0 Å². The molecule has 0 radical (unpaired) electrons. The Hall–Kier alpha value is -1.14. The van der Waals surface area contributed by atoms with E-state index in [-0.39, 0.29) is 0 Å². The monoisotopic (exact) mass is 730 g/mol. The summed E-state index contributed by atoms with van der Waals surface area (Å²) >= 11 is 0. The van der Waals surface area contributed by atoms with E-state index in [1.165, 1.54) is 0 Å². The molecule has 0 bridgehead atoms. The van der Waals surface area contributed by atoms with E-state index in [1.54, 1.807) is 0 Å². The van der Waals surface area contributed by atoms with Crippen molar-refractivity contribution in [2.24, 2.45) is 0 Å². The van der Waals surface area contributed by atoms with Crippen molar-refractivity contribution >= 4 is 13.8 Å². The smallest absolute Gasteiger partial charge is 0.470 e. The number of carboxylic acids is 1. The maximum atomic E-state index is 11.5. The summed E-state index contributed by atoms with van der Waals surface area (Å²) in [4.78, 5) is 29.9. The van der Waals surface area contributed by atoms with Crippen LogP contribution in [0.15, 0.2) is 0 Å². The van der Waals surface area contributed by atoms with Crippen molar-refractivity contribution in [2.45, 2.75) is 117 Å². The van der Waals surface area contributed by atoms with Gasteiger partial charge in [-0.05, 0) is 0 Å². The lowest BCUT2D eigenvalue weighted by molar-refractivity contribution is -0.386. The van der Waals surface area contributed by atoms with Crippen molar-refractivity contribution < 1.29 is 118 Å². The summed E-state index contributed by atoms with van der Waals surface area (Å²) in [5, 5.41) is 123. The molecule has 4 heterocycles. The van der Waals surface area contributed by atoms with Crippen LogP contribution in [0.1, 0.15) is 0 Å². The van der Waals surface area contributed by atoms with Gasteiger partial charge in [-0.1, -0.05) is 0 Å². The molecule has 4 aliphatic rings. The van der Waals surface area contributed by atoms with Crippen molar-refractivity contribution in [2.75, 3.05) is 19.8 Å². The van der Waals surface area contributed by atoms with Crippen molar-refractivity contribution in [3.8, 4) is 0 Å². The van der Waals surface area contributed by atoms with Crippen LogP contribution in [-0.2, 0) is 47.0 Å². The standard InChI is InChI=1S/C23H39O24P/c24-1-5-8(28)16(12(32)22(41-5)43-14-4(26)3-40-20(36)18(14)47-48(37,38)39)45-23-13(33)15(7(27)6(2-25)42-23)44-21-11(31)9(29)10(30)17(46-21)19(34)35/h4-18,20-33,36H,1-3H2,(H,34,35)(H2,37,38,39)/t4-,5-,6-,7+,8+,9+,10+,11-,12-,13-,14+,15+,16+,17+,18-,20-,21-,22+,23+/m1/s1. The quantitative estimate of drug-likeness (QED) is 0.0877. The number of hydrogen-bond acceptors (Lipinski definition) is 21. The van der Waals surface area contributed by atoms with Gasteiger partial charge in [0.05, 0.1) is 19.8 Å². The van der Waals surface area contributed by atoms with Crippen LogP contribution in [-0.4, -0.2) is 214 Å². The molecule has 24 nitrogen and oxygen atoms in total. The van der Waals surface area contributed by atoms with Crippen LogP contribution in [0, 0.1) is 0 Å². The Morgan fingerprint density at radius 1 is 0.625 bits per heavy atom. The Balaban J connectivity index is 1.55. The first-order chi connectivity index (χ1) is 22.4. The molecular weight excluding hydrogens is 691 g/mol. The van der Waals surface area contributed by atoms with Crippen LogP contribution in [0.4, 0.5) is 0 Å². The van der Waals surface area contributed by atoms with Gasteiger partial charge in [0.1, 0.15) is 85.5 Å². The summed E-state index contributed by atoms with van der Waals surface area (Å²) in [7, 11) is -5.34. The molecule has 4 fully saturated rings. The van der Waals surface area contributed by atoms with Gasteiger partial charge in [0.15, 0.2) is 31.3 Å². The molecule has 0 aliphatic carbocycles. The number of ether oxygens (including phenoxy) is 7. The second-order valence-corrected chi connectivity index (χ2v) is 12.5. The second-order valence-electron chi connectivity index (χ2n) is 11.3. The van der Waals surface area contributed by atoms with E-state index in [9.17, 15) is 80.4 Å². The molecule has 0 spiro atoms. The maximum Gasteiger partial charge on any atom is 0.470 e. The van der Waals surface area contributed by atoms with Gasteiger partial charge < -0.3 is 104 Å². The van der Waals surface area contributed by atoms with Gasteiger partial charge in [-0.2, -0.15) is 0 Å². The highest BCUT2D eigenvalue weighted by atomic mass is 31.2. The second kappa shape index (κ2) is 16.0. The number of hydrogen-bond donors (Lipinski definition) is 14. The number of aliphatic carboxylic acids is 1. The zero-order valence-electron chi connectivity index (χ0n) is 24.4. The summed E-state index contributed by atoms with van der Waals surface area (Å²) in [6.45, 7) is -2.63. The van der Waals surface area contributed by atoms with Gasteiger partial charge >= 0.3 is 13.8 Å². The Morgan fingerprint density at radius 3 is 1.52 bits per heavy atom. The summed E-state index contributed by atoms with van der Waals surface area (Å²) < 4.78 is 52.9. The predicted octanol–water partition coefficient (Wildman–Crippen LogP) is -8.90. The average molecular weight is 731 g/mol. The number of rotatable bonds is 11. The third-order valence-electron chi connectivity index (χ3n) is 8.01. The predicted molar refractivity (Wildman–Crippen MR) is 139 cm³/mol. The van der Waals surface area contributed by atoms with Crippen LogP contribution < -0.4 is 0 Å². The van der Waals surface area contributed by atoms with Gasteiger partial charge in [-0.25, -0.2) is 9.36 Å². The molecular formula is C23H39O24P. The Labute approximate surface area is 268 Å². The molecule has 19 atom stereocenters. The Bertz CT molecular complexity index is 1110. The molecule has 0 aromatic rings. The average Bonchev–Trinajstić information content (AvgIpc) is 3.02. The van der Waals surface area contributed by atoms with Crippen molar-refractivity contribution in [1.29, 1.82) is 0 Å². The van der Waals surface area contributed by atoms with Crippen molar-refractivity contribution in [3.63, 3.8) is 0 Å². The highest BCUT2D eigenvalue weighted by molar-refractivity contribution is 7.46. The van der Waals surface area contributed by atoms with E-state index in [4.69, 9.17) is 33.2 Å². The summed E-state index contributed by atoms with van der Waals surface area (Å²) in [6, 6.07) is 0. The summed E-state index contributed by atoms with van der Waals surface area (Å²) in [5.41, 5.74) is 0. The van der Waals surface area contributed by atoms with Gasteiger partial charge in [-0.3, -0.25) is 4.52 Å². The number of phosphoric ester groups is 1. The first-order valence-electron chi connectivity index (χ1n) is 14.3. The molecule has 4 aliphatic heterocycles. The van der Waals surface area contributed by atoms with Gasteiger partial charge in [0, 0.05) is 0 Å². The molecule has 280 valence electrons. The van der Waals surface area contributed by atoms with Gasteiger partial charge in [0.25, 0.3) is 0 Å². The maximum absolute atomic E-state index is 11.5. The van der Waals surface area contributed by atoms with Gasteiger partial charge in [0.2, 0.25) is 0 Å². The molecule has 4 saturated heterocycles. The highest BCUT2D eigenvalue weighted by Crippen LogP contribution is 2.42. The Morgan fingerprint density at radius 2 is 1.08 bits per heavy atom. The minimum atomic E-state index is -5.34. The van der Waals surface area contributed by atoms with Crippen LogP contribution in [0.25, 0.3) is 0 Å². The molecule has 25 heteroatoms. The number of carboxylic acid groups (broad SMARTS) is 1. The fourth-order valence-electron chi connectivity index (χ4n) is 5.49. The lowest BCUT2D eigenvalue weighted by atomic mass is 9.95. The number of aliphatic hydroxyl groups is 11. The van der Waals surface area contributed by atoms with Crippen LogP contribution in [0.2, 0.25) is 0 Å². The SMILES string of the molecule is O=C(O)[C@H]1O[C@@H](O[C@H]2[C@@H](O)[C@@H](CO)O[C@@H](O[C@H]3[C@@H](O)[C@@H](CO)O[C@@H](O[C@@H]4[C@@H](OP(=O)(O)O)[C@H](O)OC[C@H]4O)[C@@H]3O)[C@@H]2O)[C@H](O)[C@@H](O)[C@@H]1O. The fraction of sp³-hybridized carbons (Fsp3) is 0.957. The summed E-state index contributed by atoms with van der Waals surface area (Å²) in [5.74, 6) is -1.77. The molecule has 14 N–H and O–H groups in total. The number of aliphatic hydroxyl groups excluding tert-OH is 11. The topological polar surface area (TPSA) is 391 Å². The van der Waals surface area contributed by atoms with E-state index < -0.39 is 150 Å². The first kappa shape index (κ1) is 39.6. The number of phosphoric acid groups is 1. The molecule has 0 aromatic carbocycles. The zero-order valence-corrected chi connectivity index (χ0v) is 25.3. The minimum absolute atomic E-state index is 0.654. The third kappa shape index (κ3) is 8.48.